The van der Waals surface area contributed by atoms with Gasteiger partial charge >= 0.3 is 20.1 Å². The van der Waals surface area contributed by atoms with Gasteiger partial charge in [0.15, 0.2) is 0 Å². The fourth-order valence-electron chi connectivity index (χ4n) is 9.85. The van der Waals surface area contributed by atoms with Crippen LogP contribution >= 0.6 is 0 Å². The van der Waals surface area contributed by atoms with Crippen molar-refractivity contribution in [2.75, 3.05) is 0 Å². The monoisotopic (exact) mass is 1130 g/mol. The number of furan rings is 1. The van der Waals surface area contributed by atoms with Gasteiger partial charge in [0, 0.05) is 39.1 Å². The fourth-order valence-corrected chi connectivity index (χ4v) is 9.85. The number of nitrogens with zero attached hydrogens (tertiary/aromatic N) is 3. The second-order valence-corrected chi connectivity index (χ2v) is 19.7. The minimum Gasteiger partial charge on any atom is -0.500 e. The second-order valence-electron chi connectivity index (χ2n) is 19.7. The Balaban J connectivity index is 0.00000720. The number of hydrogen-bond donors (Lipinski definition) is 0. The quantitative estimate of drug-likeness (QED) is 0.102. The third kappa shape index (κ3) is 10.4. The number of fused-ring (bicyclic) bond motifs is 3. The normalized spacial score (nSPS) is 13.7. The molecule has 11 rings (SSSR count). The number of aromatic nitrogens is 3. The smallest absolute Gasteiger partial charge is 0.500 e. The number of hydrogen-bond acceptors (Lipinski definition) is 4. The molecule has 0 bridgehead atoms. The Kier molecular flexibility index (Phi) is 11.7. The molecule has 0 spiro atoms. The van der Waals surface area contributed by atoms with Gasteiger partial charge in [-0.15, -0.1) is 90.0 Å². The van der Waals surface area contributed by atoms with E-state index in [2.05, 4.69) is 64.1 Å². The van der Waals surface area contributed by atoms with Crippen LogP contribution in [0.5, 0.6) is 0 Å². The molecule has 0 atom stereocenters. The van der Waals surface area contributed by atoms with Gasteiger partial charge in [-0.2, -0.15) is 0 Å². The van der Waals surface area contributed by atoms with Crippen LogP contribution in [0.3, 0.4) is 0 Å². The minimum absolute atomic E-state index is 0. The van der Waals surface area contributed by atoms with Crippen molar-refractivity contribution in [1.29, 1.82) is 0 Å². The van der Waals surface area contributed by atoms with E-state index in [4.69, 9.17) is 23.5 Å². The van der Waals surface area contributed by atoms with E-state index in [0.717, 1.165) is 66.7 Å². The van der Waals surface area contributed by atoms with Gasteiger partial charge in [0.25, 0.3) is 0 Å². The average Bonchev–Trinajstić information content (AvgIpc) is 4.03. The van der Waals surface area contributed by atoms with Crippen molar-refractivity contribution in [2.45, 2.75) is 71.0 Å². The first-order valence-electron chi connectivity index (χ1n) is 27.8. The van der Waals surface area contributed by atoms with Gasteiger partial charge in [0.2, 0.25) is 0 Å². The molecule has 0 fully saturated rings. The van der Waals surface area contributed by atoms with Crippen molar-refractivity contribution in [2.24, 2.45) is 0 Å². The van der Waals surface area contributed by atoms with Crippen molar-refractivity contribution in [3.05, 3.63) is 258 Å². The summed E-state index contributed by atoms with van der Waals surface area (Å²) in [6.45, 7) is 5.93. The van der Waals surface area contributed by atoms with Crippen molar-refractivity contribution in [3.63, 3.8) is 0 Å². The maximum Gasteiger partial charge on any atom is 3.00 e. The van der Waals surface area contributed by atoms with Crippen LogP contribution in [0.2, 0.25) is 0 Å². The first-order valence-corrected chi connectivity index (χ1v) is 24.3. The van der Waals surface area contributed by atoms with Crippen LogP contribution in [0.1, 0.15) is 76.2 Å². The molecule has 11 aromatic rings. The molecule has 0 aliphatic rings. The molecule has 4 heterocycles. The van der Waals surface area contributed by atoms with Crippen molar-refractivity contribution in [3.8, 4) is 56.0 Å². The number of aryl methyl sites for hydroxylation is 3. The molecule has 358 valence electrons. The van der Waals surface area contributed by atoms with E-state index in [1.807, 2.05) is 128 Å². The van der Waals surface area contributed by atoms with Gasteiger partial charge in [0.1, 0.15) is 5.58 Å². The third-order valence-corrected chi connectivity index (χ3v) is 13.7. The summed E-state index contributed by atoms with van der Waals surface area (Å²) < 4.78 is 73.2. The number of rotatable bonds is 14. The third-order valence-electron chi connectivity index (χ3n) is 13.7. The van der Waals surface area contributed by atoms with Crippen molar-refractivity contribution < 1.29 is 34.1 Å². The molecule has 0 saturated heterocycles. The average molecular weight is 1130 g/mol. The standard InChI is InChI=1S/C68H56N3O.Ir/c1-46-19-15-16-26-56(46)61-40-64(60-30-18-29-59-58-28-17-27-57(65(58)72-66(59)60)50-20-9-6-10-21-50)69-43-53(61)32-31-47-37-48(41-67(2,3)54-33-35-62(70-44-54)51-22-11-7-12-23-51)39-49(38-47)42-68(4,5)55-34-36-63(71-45-55)52-24-13-8-14-25-52;/h6-22,24,26-29,33-40,43-45H,31-32,41-42H2,1-5H3;/q-3;+3/i1D3,31D2,32D2;. The van der Waals surface area contributed by atoms with E-state index >= 15 is 0 Å². The van der Waals surface area contributed by atoms with Gasteiger partial charge in [-0.05, 0) is 116 Å². The summed E-state index contributed by atoms with van der Waals surface area (Å²) in [6.07, 6.45) is 0.542. The molecule has 5 heteroatoms. The number of benzene rings is 7. The molecule has 0 saturated carbocycles. The Labute approximate surface area is 453 Å². The second kappa shape index (κ2) is 20.9. The Hall–Kier alpha value is -7.56. The molecule has 0 aliphatic carbocycles. The number of pyridine rings is 3. The summed E-state index contributed by atoms with van der Waals surface area (Å²) in [5, 5.41) is 1.71. The van der Waals surface area contributed by atoms with E-state index in [0.29, 0.717) is 35.3 Å². The zero-order valence-corrected chi connectivity index (χ0v) is 43.4. The van der Waals surface area contributed by atoms with Gasteiger partial charge < -0.3 is 19.4 Å². The molecule has 0 unspecified atom stereocenters. The van der Waals surface area contributed by atoms with Gasteiger partial charge in [-0.25, -0.2) is 0 Å². The van der Waals surface area contributed by atoms with Crippen LogP contribution in [0.15, 0.2) is 205 Å². The van der Waals surface area contributed by atoms with Crippen molar-refractivity contribution in [1.82, 2.24) is 15.0 Å². The summed E-state index contributed by atoms with van der Waals surface area (Å²) in [7, 11) is 0. The van der Waals surface area contributed by atoms with Crippen LogP contribution < -0.4 is 0 Å². The molecule has 7 aromatic carbocycles. The molecular weight excluding hydrogens is 1070 g/mol. The molecule has 0 N–H and O–H groups in total. The molecule has 4 nitrogen and oxygen atoms in total. The predicted octanol–water partition coefficient (Wildman–Crippen LogP) is 16.6. The zero-order chi connectivity index (χ0) is 55.3. The molecule has 4 aromatic heterocycles. The first-order chi connectivity index (χ1) is 37.8. The summed E-state index contributed by atoms with van der Waals surface area (Å²) in [4.78, 5) is 14.6. The summed E-state index contributed by atoms with van der Waals surface area (Å²) >= 11 is 0. The summed E-state index contributed by atoms with van der Waals surface area (Å²) in [5.74, 6) is 0. The van der Waals surface area contributed by atoms with Gasteiger partial charge in [-0.3, -0.25) is 0 Å². The van der Waals surface area contributed by atoms with Gasteiger partial charge in [0.05, 0.1) is 5.58 Å². The molecular formula is C68H56IrN3O. The predicted molar refractivity (Wildman–Crippen MR) is 296 cm³/mol. The first kappa shape index (κ1) is 41.0. The van der Waals surface area contributed by atoms with Crippen LogP contribution in [0.25, 0.3) is 78.0 Å². The molecule has 73 heavy (non-hydrogen) atoms. The largest absolute Gasteiger partial charge is 3.00 e. The van der Waals surface area contributed by atoms with E-state index in [1.165, 1.54) is 12.3 Å². The number of para-hydroxylation sites is 1. The molecule has 0 radical (unpaired) electrons. The van der Waals surface area contributed by atoms with Crippen LogP contribution in [0.4, 0.5) is 0 Å². The zero-order valence-electron chi connectivity index (χ0n) is 48.0. The minimum atomic E-state index is -2.81. The van der Waals surface area contributed by atoms with E-state index < -0.39 is 30.4 Å². The van der Waals surface area contributed by atoms with Crippen LogP contribution in [-0.2, 0) is 56.5 Å². The van der Waals surface area contributed by atoms with E-state index in [-0.39, 0.29) is 47.9 Å². The molecule has 0 amide bonds. The summed E-state index contributed by atoms with van der Waals surface area (Å²) in [5.41, 5.74) is 10.3. The Morgan fingerprint density at radius 3 is 1.70 bits per heavy atom. The Morgan fingerprint density at radius 1 is 0.493 bits per heavy atom. The summed E-state index contributed by atoms with van der Waals surface area (Å²) in [6, 6.07) is 67.0. The Morgan fingerprint density at radius 2 is 1.08 bits per heavy atom. The molecule has 0 aliphatic heterocycles. The van der Waals surface area contributed by atoms with Crippen molar-refractivity contribution >= 4 is 21.9 Å². The topological polar surface area (TPSA) is 51.8 Å². The maximum absolute atomic E-state index is 10.1. The van der Waals surface area contributed by atoms with Crippen LogP contribution in [-0.4, -0.2) is 15.0 Å². The van der Waals surface area contributed by atoms with E-state index in [1.54, 1.807) is 42.5 Å². The maximum atomic E-state index is 10.1. The van der Waals surface area contributed by atoms with E-state index in [9.17, 15) is 5.48 Å². The van der Waals surface area contributed by atoms with Crippen LogP contribution in [0, 0.1) is 25.1 Å². The van der Waals surface area contributed by atoms with Gasteiger partial charge in [-0.1, -0.05) is 160 Å². The SMILES string of the molecule is [2H]C([2H])([2H])c1ccccc1-c1cc(-c2[c-]ccc3c2oc2c(-c4ccccc4)cccc23)ncc1C([2H])([2H])C([2H])([2H])c1cc(CC(C)(C)c2ccc(-c3[c-]cccc3)nc2)cc(CC(C)(C)c2ccc(-c3[c-]cccc3)nc2)c1.[Ir+3]. The fraction of sp³-hybridized carbons (Fsp3) is 0.162. The Bertz CT molecular complexity index is 3880.